The molecule has 29 heavy (non-hydrogen) atoms. The zero-order valence-corrected chi connectivity index (χ0v) is 20.2. The van der Waals surface area contributed by atoms with Gasteiger partial charge in [-0.05, 0) is 55.5 Å². The van der Waals surface area contributed by atoms with Crippen LogP contribution in [-0.4, -0.2) is 17.0 Å². The quantitative estimate of drug-likeness (QED) is 0.0984. The average Bonchev–Trinajstić information content (AvgIpc) is 2.73. The topological polar surface area (TPSA) is 176 Å². The van der Waals surface area contributed by atoms with Gasteiger partial charge in [-0.3, -0.25) is 14.7 Å². The molecule has 166 valence electrons. The van der Waals surface area contributed by atoms with Crippen molar-refractivity contribution in [1.82, 2.24) is 0 Å². The molecule has 0 amide bonds. The monoisotopic (exact) mass is 603 g/mol. The van der Waals surface area contributed by atoms with E-state index in [1.54, 1.807) is 77.0 Å². The zero-order valence-electron chi connectivity index (χ0n) is 17.1. The van der Waals surface area contributed by atoms with Crippen molar-refractivity contribution in [2.24, 2.45) is 0 Å². The van der Waals surface area contributed by atoms with Crippen LogP contribution in [0.5, 0.6) is 0 Å². The van der Waals surface area contributed by atoms with Gasteiger partial charge < -0.3 is 33.2 Å². The molecule has 0 heterocycles. The molecule has 0 spiro atoms. The van der Waals surface area contributed by atoms with E-state index in [0.29, 0.717) is 7.92 Å². The first kappa shape index (κ1) is 30.3. The van der Waals surface area contributed by atoms with E-state index in [1.165, 1.54) is 51.0 Å². The van der Waals surface area contributed by atoms with E-state index in [2.05, 4.69) is 0 Å². The summed E-state index contributed by atoms with van der Waals surface area (Å²) in [6, 6.07) is 0. The van der Waals surface area contributed by atoms with Gasteiger partial charge in [0, 0.05) is 0 Å². The Morgan fingerprint density at radius 3 is 0.759 bits per heavy atom. The minimum atomic E-state index is 0. The van der Waals surface area contributed by atoms with Gasteiger partial charge in [-0.15, -0.1) is 0 Å². The summed E-state index contributed by atoms with van der Waals surface area (Å²) in [6.07, 6.45) is 23.6. The Bertz CT molecular complexity index is 412. The van der Waals surface area contributed by atoms with Crippen molar-refractivity contribution in [3.63, 3.8) is 0 Å². The van der Waals surface area contributed by atoms with Crippen LogP contribution in [0, 0.1) is 0 Å². The number of hydrogen-bond acceptors (Lipinski definition) is 0. The molecule has 0 unspecified atom stereocenters. The Morgan fingerprint density at radius 1 is 0.414 bits per heavy atom. The van der Waals surface area contributed by atoms with Gasteiger partial charge in [0.2, 0.25) is 0 Å². The first-order chi connectivity index (χ1) is 13.7. The summed E-state index contributed by atoms with van der Waals surface area (Å²) in [5.74, 6) is 0. The normalized spacial score (nSPS) is 19.8. The SMILES string of the molecule is C1CCC(P(C2CCCCC2)C2CCCCC2)CC1.[Au+3].[N-]=[N+]=[N-].[N-]=[N+]=[N-].[N-]=[N+]=[N-]. The second-order valence-electron chi connectivity index (χ2n) is 7.59. The molecule has 9 nitrogen and oxygen atoms in total. The summed E-state index contributed by atoms with van der Waals surface area (Å²) in [7, 11) is 0.385. The largest absolute Gasteiger partial charge is 3.00 e. The predicted molar refractivity (Wildman–Crippen MR) is 118 cm³/mol. The molecular weight excluding hydrogens is 570 g/mol. The second-order valence-corrected chi connectivity index (χ2v) is 10.7. The van der Waals surface area contributed by atoms with Crippen molar-refractivity contribution < 1.29 is 22.4 Å². The van der Waals surface area contributed by atoms with Gasteiger partial charge in [0.05, 0.1) is 0 Å². The summed E-state index contributed by atoms with van der Waals surface area (Å²) in [6.45, 7) is 0. The van der Waals surface area contributed by atoms with Gasteiger partial charge in [-0.2, -0.15) is 0 Å². The van der Waals surface area contributed by atoms with Crippen LogP contribution < -0.4 is 0 Å². The third-order valence-electron chi connectivity index (χ3n) is 5.99. The molecule has 3 rings (SSSR count). The van der Waals surface area contributed by atoms with Crippen LogP contribution in [-0.2, 0) is 22.4 Å². The first-order valence-electron chi connectivity index (χ1n) is 10.4. The molecule has 11 heteroatoms. The third kappa shape index (κ3) is 13.9. The van der Waals surface area contributed by atoms with Gasteiger partial charge in [-0.1, -0.05) is 65.7 Å². The molecule has 3 saturated carbocycles. The van der Waals surface area contributed by atoms with Crippen molar-refractivity contribution in [3.05, 3.63) is 47.9 Å². The standard InChI is InChI=1S/C18H33P.Au.3N3/c1-4-10-16(11-5-1)19(17-12-6-2-7-13-17)18-14-8-3-9-15-18;;3*1-3-2/h16-18H,1-15H2;;;;/q;+3;3*-1. The zero-order chi connectivity index (χ0) is 21.0. The Labute approximate surface area is 191 Å². The fraction of sp³-hybridized carbons (Fsp3) is 1.00. The second kappa shape index (κ2) is 21.8. The van der Waals surface area contributed by atoms with Crippen LogP contribution >= 0.6 is 7.92 Å². The van der Waals surface area contributed by atoms with Crippen LogP contribution in [0.2, 0.25) is 0 Å². The van der Waals surface area contributed by atoms with Crippen molar-refractivity contribution in [1.29, 1.82) is 0 Å². The Kier molecular flexibility index (Phi) is 22.8. The maximum absolute atomic E-state index is 6.75. The maximum atomic E-state index is 6.75. The predicted octanol–water partition coefficient (Wildman–Crippen LogP) is 9.06. The molecule has 0 aromatic heterocycles. The molecule has 0 atom stereocenters. The molecule has 0 radical (unpaired) electrons. The number of hydrogen-bond donors (Lipinski definition) is 0. The van der Waals surface area contributed by atoms with Gasteiger partial charge in [0.25, 0.3) is 0 Å². The number of rotatable bonds is 3. The van der Waals surface area contributed by atoms with Crippen molar-refractivity contribution in [2.75, 3.05) is 0 Å². The summed E-state index contributed by atoms with van der Waals surface area (Å²) in [5, 5.41) is 0. The van der Waals surface area contributed by atoms with Gasteiger partial charge >= 0.3 is 22.4 Å². The van der Waals surface area contributed by atoms with E-state index in [1.807, 2.05) is 0 Å². The Morgan fingerprint density at radius 2 is 0.586 bits per heavy atom. The molecule has 3 aliphatic rings. The van der Waals surface area contributed by atoms with E-state index < -0.39 is 0 Å². The summed E-state index contributed by atoms with van der Waals surface area (Å²) >= 11 is 0. The maximum Gasteiger partial charge on any atom is 3.00 e. The molecule has 0 aromatic rings. The molecule has 0 N–H and O–H groups in total. The van der Waals surface area contributed by atoms with E-state index in [-0.39, 0.29) is 22.4 Å². The van der Waals surface area contributed by atoms with Gasteiger partial charge in [0.15, 0.2) is 0 Å². The van der Waals surface area contributed by atoms with Crippen LogP contribution in [0.25, 0.3) is 47.9 Å². The summed E-state index contributed by atoms with van der Waals surface area (Å²) in [4.78, 5) is 4.50. The van der Waals surface area contributed by atoms with E-state index in [9.17, 15) is 0 Å². The van der Waals surface area contributed by atoms with Crippen LogP contribution in [0.4, 0.5) is 0 Å². The van der Waals surface area contributed by atoms with Crippen LogP contribution in [0.15, 0.2) is 0 Å². The Balaban J connectivity index is 0. The molecular formula is C18H33AuN9P. The third-order valence-corrected chi connectivity index (χ3v) is 10.1. The summed E-state index contributed by atoms with van der Waals surface area (Å²) in [5.41, 5.74) is 44.1. The minimum Gasteiger partial charge on any atom is -0.373 e. The molecule has 0 aromatic carbocycles. The molecule has 3 fully saturated rings. The van der Waals surface area contributed by atoms with E-state index in [0.717, 1.165) is 0 Å². The molecule has 3 aliphatic carbocycles. The molecule has 0 aliphatic heterocycles. The first-order valence-corrected chi connectivity index (χ1v) is 12.0. The van der Waals surface area contributed by atoms with Gasteiger partial charge in [0.1, 0.15) is 0 Å². The van der Waals surface area contributed by atoms with E-state index in [4.69, 9.17) is 33.2 Å². The van der Waals surface area contributed by atoms with Gasteiger partial charge in [-0.25, -0.2) is 0 Å². The van der Waals surface area contributed by atoms with Crippen molar-refractivity contribution >= 4 is 7.92 Å². The smallest absolute Gasteiger partial charge is 0.373 e. The van der Waals surface area contributed by atoms with Crippen molar-refractivity contribution in [2.45, 2.75) is 113 Å². The Hall–Kier alpha value is -0.900. The van der Waals surface area contributed by atoms with Crippen LogP contribution in [0.3, 0.4) is 0 Å². The molecule has 0 saturated heterocycles. The molecule has 0 bridgehead atoms. The average molecular weight is 603 g/mol. The van der Waals surface area contributed by atoms with Crippen molar-refractivity contribution in [3.8, 4) is 0 Å². The summed E-state index contributed by atoms with van der Waals surface area (Å²) < 4.78 is 0. The van der Waals surface area contributed by atoms with E-state index >= 15 is 0 Å². The number of nitrogens with zero attached hydrogens (tertiary/aromatic N) is 9. The fourth-order valence-corrected chi connectivity index (χ4v) is 9.71. The van der Waals surface area contributed by atoms with Crippen LogP contribution in [0.1, 0.15) is 96.3 Å². The minimum absolute atomic E-state index is 0. The fourth-order valence-electron chi connectivity index (χ4n) is 5.03.